The molecular formula is C14H21N3. The molecule has 0 saturated heterocycles. The average molecular weight is 231 g/mol. The summed E-state index contributed by atoms with van der Waals surface area (Å²) >= 11 is 0. The summed E-state index contributed by atoms with van der Waals surface area (Å²) in [6.45, 7) is 10.9. The Balaban J connectivity index is 2.83. The second-order valence-corrected chi connectivity index (χ2v) is 5.43. The molecule has 2 rings (SSSR count). The van der Waals surface area contributed by atoms with Crippen LogP contribution in [0.4, 0.5) is 0 Å². The Kier molecular flexibility index (Phi) is 2.94. The third kappa shape index (κ3) is 1.94. The summed E-state index contributed by atoms with van der Waals surface area (Å²) < 4.78 is 2.20. The lowest BCUT2D eigenvalue weighted by atomic mass is 9.90. The SMILES string of the molecule is CCc1nc(CC)n2ccnc(C(C)(C)C)c12. The highest BCUT2D eigenvalue weighted by molar-refractivity contribution is 5.59. The summed E-state index contributed by atoms with van der Waals surface area (Å²) in [5, 5.41) is 0. The van der Waals surface area contributed by atoms with Crippen molar-refractivity contribution in [2.24, 2.45) is 0 Å². The minimum Gasteiger partial charge on any atom is -0.300 e. The number of rotatable bonds is 2. The van der Waals surface area contributed by atoms with Gasteiger partial charge in [0.15, 0.2) is 0 Å². The summed E-state index contributed by atoms with van der Waals surface area (Å²) in [5.41, 5.74) is 3.57. The molecule has 92 valence electrons. The quantitative estimate of drug-likeness (QED) is 0.794. The number of hydrogen-bond donors (Lipinski definition) is 0. The van der Waals surface area contributed by atoms with Gasteiger partial charge in [-0.1, -0.05) is 34.6 Å². The predicted octanol–water partition coefficient (Wildman–Crippen LogP) is 3.15. The second-order valence-electron chi connectivity index (χ2n) is 5.43. The molecule has 2 heterocycles. The van der Waals surface area contributed by atoms with Crippen molar-refractivity contribution in [3.05, 3.63) is 29.6 Å². The highest BCUT2D eigenvalue weighted by atomic mass is 15.0. The standard InChI is InChI=1S/C14H21N3/c1-6-10-12-13(14(3,4)5)15-8-9-17(12)11(7-2)16-10/h8-9H,6-7H2,1-5H3. The second kappa shape index (κ2) is 4.13. The van der Waals surface area contributed by atoms with Crippen LogP contribution in [0, 0.1) is 0 Å². The Morgan fingerprint density at radius 1 is 1.18 bits per heavy atom. The number of aromatic nitrogens is 3. The van der Waals surface area contributed by atoms with Crippen LogP contribution in [0.1, 0.15) is 51.8 Å². The maximum Gasteiger partial charge on any atom is 0.113 e. The summed E-state index contributed by atoms with van der Waals surface area (Å²) in [6, 6.07) is 0. The van der Waals surface area contributed by atoms with Crippen molar-refractivity contribution in [1.29, 1.82) is 0 Å². The number of imidazole rings is 1. The number of fused-ring (bicyclic) bond motifs is 1. The molecule has 0 aliphatic carbocycles. The van der Waals surface area contributed by atoms with Gasteiger partial charge in [-0.2, -0.15) is 0 Å². The highest BCUT2D eigenvalue weighted by Crippen LogP contribution is 2.27. The largest absolute Gasteiger partial charge is 0.300 e. The smallest absolute Gasteiger partial charge is 0.113 e. The van der Waals surface area contributed by atoms with Gasteiger partial charge in [0, 0.05) is 24.2 Å². The van der Waals surface area contributed by atoms with Gasteiger partial charge in [0.1, 0.15) is 5.82 Å². The molecule has 0 radical (unpaired) electrons. The molecule has 0 aromatic carbocycles. The van der Waals surface area contributed by atoms with E-state index in [-0.39, 0.29) is 5.41 Å². The lowest BCUT2D eigenvalue weighted by molar-refractivity contribution is 0.571. The predicted molar refractivity (Wildman–Crippen MR) is 70.4 cm³/mol. The van der Waals surface area contributed by atoms with E-state index in [1.54, 1.807) is 0 Å². The van der Waals surface area contributed by atoms with Crippen LogP contribution in [0.2, 0.25) is 0 Å². The fraction of sp³-hybridized carbons (Fsp3) is 0.571. The van der Waals surface area contributed by atoms with Crippen molar-refractivity contribution < 1.29 is 0 Å². The van der Waals surface area contributed by atoms with Gasteiger partial charge in [0.05, 0.1) is 16.9 Å². The Hall–Kier alpha value is -1.38. The first-order chi connectivity index (χ1) is 7.99. The molecule has 3 heteroatoms. The molecule has 2 aromatic rings. The van der Waals surface area contributed by atoms with E-state index in [1.807, 2.05) is 12.4 Å². The van der Waals surface area contributed by atoms with Crippen molar-refractivity contribution in [3.8, 4) is 0 Å². The molecular weight excluding hydrogens is 210 g/mol. The Labute approximate surface area is 103 Å². The zero-order valence-electron chi connectivity index (χ0n) is 11.4. The van der Waals surface area contributed by atoms with Gasteiger partial charge in [-0.05, 0) is 6.42 Å². The maximum atomic E-state index is 4.72. The highest BCUT2D eigenvalue weighted by Gasteiger charge is 2.22. The Morgan fingerprint density at radius 2 is 1.88 bits per heavy atom. The third-order valence-electron chi connectivity index (χ3n) is 3.06. The number of nitrogens with zero attached hydrogens (tertiary/aromatic N) is 3. The van der Waals surface area contributed by atoms with Crippen LogP contribution < -0.4 is 0 Å². The van der Waals surface area contributed by atoms with E-state index in [2.05, 4.69) is 44.0 Å². The van der Waals surface area contributed by atoms with Gasteiger partial charge in [0.25, 0.3) is 0 Å². The number of aryl methyl sites for hydroxylation is 2. The first-order valence-corrected chi connectivity index (χ1v) is 6.34. The number of hydrogen-bond acceptors (Lipinski definition) is 2. The molecule has 0 bridgehead atoms. The molecule has 0 unspecified atom stereocenters. The zero-order valence-corrected chi connectivity index (χ0v) is 11.4. The first-order valence-electron chi connectivity index (χ1n) is 6.34. The zero-order chi connectivity index (χ0) is 12.6. The Bertz CT molecular complexity index is 532. The van der Waals surface area contributed by atoms with Gasteiger partial charge >= 0.3 is 0 Å². The molecule has 0 amide bonds. The van der Waals surface area contributed by atoms with Gasteiger partial charge in [-0.15, -0.1) is 0 Å². The van der Waals surface area contributed by atoms with Gasteiger partial charge in [-0.3, -0.25) is 4.98 Å². The summed E-state index contributed by atoms with van der Waals surface area (Å²) in [5.74, 6) is 1.13. The topological polar surface area (TPSA) is 30.2 Å². The molecule has 0 saturated carbocycles. The van der Waals surface area contributed by atoms with Crippen molar-refractivity contribution in [3.63, 3.8) is 0 Å². The lowest BCUT2D eigenvalue weighted by Crippen LogP contribution is -2.15. The molecule has 2 aromatic heterocycles. The molecule has 0 atom stereocenters. The van der Waals surface area contributed by atoms with Crippen molar-refractivity contribution in [2.45, 2.75) is 52.9 Å². The first kappa shape index (κ1) is 12.1. The molecule has 0 N–H and O–H groups in total. The van der Waals surface area contributed by atoms with Gasteiger partial charge in [0.2, 0.25) is 0 Å². The van der Waals surface area contributed by atoms with Crippen LogP contribution in [0.5, 0.6) is 0 Å². The molecule has 0 aliphatic heterocycles. The van der Waals surface area contributed by atoms with Crippen molar-refractivity contribution in [2.75, 3.05) is 0 Å². The van der Waals surface area contributed by atoms with E-state index >= 15 is 0 Å². The average Bonchev–Trinajstić information content (AvgIpc) is 2.65. The third-order valence-corrected chi connectivity index (χ3v) is 3.06. The van der Waals surface area contributed by atoms with Gasteiger partial charge < -0.3 is 4.40 Å². The maximum absolute atomic E-state index is 4.72. The van der Waals surface area contributed by atoms with E-state index in [0.717, 1.165) is 24.4 Å². The van der Waals surface area contributed by atoms with E-state index < -0.39 is 0 Å². The van der Waals surface area contributed by atoms with Crippen molar-refractivity contribution in [1.82, 2.24) is 14.4 Å². The van der Waals surface area contributed by atoms with Crippen molar-refractivity contribution >= 4 is 5.52 Å². The minimum atomic E-state index is 0.0531. The van der Waals surface area contributed by atoms with Crippen LogP contribution in [0.3, 0.4) is 0 Å². The molecule has 0 spiro atoms. The van der Waals surface area contributed by atoms with Crippen LogP contribution in [0.15, 0.2) is 12.4 Å². The molecule has 3 nitrogen and oxygen atoms in total. The molecule has 0 fully saturated rings. The molecule has 0 aliphatic rings. The fourth-order valence-corrected chi connectivity index (χ4v) is 2.22. The molecule has 17 heavy (non-hydrogen) atoms. The van der Waals surface area contributed by atoms with E-state index in [9.17, 15) is 0 Å². The summed E-state index contributed by atoms with van der Waals surface area (Å²) in [4.78, 5) is 9.30. The summed E-state index contributed by atoms with van der Waals surface area (Å²) in [7, 11) is 0. The Morgan fingerprint density at radius 3 is 2.41 bits per heavy atom. The van der Waals surface area contributed by atoms with Crippen LogP contribution in [-0.2, 0) is 18.3 Å². The van der Waals surface area contributed by atoms with Gasteiger partial charge in [-0.25, -0.2) is 4.98 Å². The normalized spacial score (nSPS) is 12.3. The monoisotopic (exact) mass is 231 g/mol. The van der Waals surface area contributed by atoms with E-state index in [0.29, 0.717) is 0 Å². The van der Waals surface area contributed by atoms with Crippen LogP contribution >= 0.6 is 0 Å². The van der Waals surface area contributed by atoms with Crippen LogP contribution in [0.25, 0.3) is 5.52 Å². The lowest BCUT2D eigenvalue weighted by Gasteiger charge is -2.19. The van der Waals surface area contributed by atoms with E-state index in [4.69, 9.17) is 4.98 Å². The summed E-state index contributed by atoms with van der Waals surface area (Å²) in [6.07, 6.45) is 5.82. The fourth-order valence-electron chi connectivity index (χ4n) is 2.22. The van der Waals surface area contributed by atoms with Crippen LogP contribution in [-0.4, -0.2) is 14.4 Å². The minimum absolute atomic E-state index is 0.0531. The van der Waals surface area contributed by atoms with E-state index in [1.165, 1.54) is 11.2 Å².